The van der Waals surface area contributed by atoms with Crippen LogP contribution >= 0.6 is 0 Å². The van der Waals surface area contributed by atoms with Crippen LogP contribution in [0.4, 0.5) is 4.79 Å². The average Bonchev–Trinajstić information content (AvgIpc) is 2.97. The monoisotopic (exact) mass is 255 g/mol. The van der Waals surface area contributed by atoms with E-state index in [2.05, 4.69) is 5.32 Å². The molecule has 0 unspecified atom stereocenters. The Hall–Kier alpha value is -1.79. The second-order valence-corrected chi connectivity index (χ2v) is 4.92. The van der Waals surface area contributed by atoms with E-state index in [-0.39, 0.29) is 37.6 Å². The molecule has 2 aliphatic rings. The van der Waals surface area contributed by atoms with E-state index in [9.17, 15) is 14.4 Å². The van der Waals surface area contributed by atoms with Gasteiger partial charge in [-0.3, -0.25) is 9.59 Å². The third-order valence-corrected chi connectivity index (χ3v) is 3.15. The van der Waals surface area contributed by atoms with Gasteiger partial charge in [0.2, 0.25) is 5.91 Å². The van der Waals surface area contributed by atoms with Crippen LogP contribution in [0, 0.1) is 5.92 Å². The molecular weight excluding hydrogens is 238 g/mol. The Morgan fingerprint density at radius 3 is 2.44 bits per heavy atom. The lowest BCUT2D eigenvalue weighted by Crippen LogP contribution is -2.57. The van der Waals surface area contributed by atoms with Crippen molar-refractivity contribution in [1.29, 1.82) is 0 Å². The van der Waals surface area contributed by atoms with Gasteiger partial charge in [-0.1, -0.05) is 0 Å². The highest BCUT2D eigenvalue weighted by Crippen LogP contribution is 2.19. The number of hydrogen-bond donors (Lipinski definition) is 2. The lowest BCUT2D eigenvalue weighted by molar-refractivity contribution is -0.146. The molecule has 100 valence electrons. The fourth-order valence-corrected chi connectivity index (χ4v) is 1.82. The number of carbonyl (C=O) groups is 3. The normalized spacial score (nSPS) is 19.1. The molecule has 0 aromatic carbocycles. The molecule has 0 radical (unpaired) electrons. The molecule has 0 atom stereocenters. The molecule has 1 aliphatic heterocycles. The summed E-state index contributed by atoms with van der Waals surface area (Å²) in [6, 6.07) is -0.0140. The molecule has 1 saturated heterocycles. The zero-order valence-electron chi connectivity index (χ0n) is 10.3. The Balaban J connectivity index is 1.71. The zero-order chi connectivity index (χ0) is 13.3. The second-order valence-electron chi connectivity index (χ2n) is 4.92. The molecule has 1 heterocycles. The molecule has 7 heteroatoms. The van der Waals surface area contributed by atoms with E-state index in [1.165, 1.54) is 9.80 Å². The van der Waals surface area contributed by atoms with Gasteiger partial charge in [-0.2, -0.15) is 0 Å². The molecule has 18 heavy (non-hydrogen) atoms. The summed E-state index contributed by atoms with van der Waals surface area (Å²) in [7, 11) is 1.54. The first-order valence-corrected chi connectivity index (χ1v) is 5.99. The van der Waals surface area contributed by atoms with Crippen LogP contribution in [0.1, 0.15) is 12.8 Å². The standard InChI is InChI=1S/C11H17N3O4/c1-13(6-9(15)12-8-2-3-8)11(18)14-4-7(5-14)10(16)17/h7-8H,2-6H2,1H3,(H,12,15)(H,16,17). The molecule has 0 bridgehead atoms. The third-order valence-electron chi connectivity index (χ3n) is 3.15. The minimum Gasteiger partial charge on any atom is -0.481 e. The van der Waals surface area contributed by atoms with Gasteiger partial charge in [0.25, 0.3) is 0 Å². The maximum atomic E-state index is 11.8. The van der Waals surface area contributed by atoms with E-state index in [0.717, 1.165) is 12.8 Å². The largest absolute Gasteiger partial charge is 0.481 e. The highest BCUT2D eigenvalue weighted by Gasteiger charge is 2.37. The van der Waals surface area contributed by atoms with Crippen LogP contribution in [-0.2, 0) is 9.59 Å². The fraction of sp³-hybridized carbons (Fsp3) is 0.727. The second kappa shape index (κ2) is 4.83. The van der Waals surface area contributed by atoms with E-state index >= 15 is 0 Å². The Morgan fingerprint density at radius 2 is 1.94 bits per heavy atom. The van der Waals surface area contributed by atoms with E-state index in [4.69, 9.17) is 5.11 Å². The Kier molecular flexibility index (Phi) is 3.40. The number of amides is 3. The van der Waals surface area contributed by atoms with Crippen LogP contribution in [0.5, 0.6) is 0 Å². The minimum atomic E-state index is -0.881. The van der Waals surface area contributed by atoms with Crippen molar-refractivity contribution in [1.82, 2.24) is 15.1 Å². The number of nitrogens with zero attached hydrogens (tertiary/aromatic N) is 2. The number of nitrogens with one attached hydrogen (secondary N) is 1. The molecule has 1 aliphatic carbocycles. The van der Waals surface area contributed by atoms with Gasteiger partial charge in [0, 0.05) is 26.2 Å². The quantitative estimate of drug-likeness (QED) is 0.697. The van der Waals surface area contributed by atoms with Crippen molar-refractivity contribution >= 4 is 17.9 Å². The number of carboxylic acid groups (broad SMARTS) is 1. The Morgan fingerprint density at radius 1 is 1.33 bits per heavy atom. The van der Waals surface area contributed by atoms with Crippen LogP contribution in [-0.4, -0.2) is 65.5 Å². The summed E-state index contributed by atoms with van der Waals surface area (Å²) in [6.45, 7) is 0.467. The predicted molar refractivity (Wildman–Crippen MR) is 61.9 cm³/mol. The first kappa shape index (κ1) is 12.7. The van der Waals surface area contributed by atoms with Gasteiger partial charge in [-0.15, -0.1) is 0 Å². The molecule has 2 rings (SSSR count). The summed E-state index contributed by atoms with van der Waals surface area (Å²) in [6.07, 6.45) is 2.02. The van der Waals surface area contributed by atoms with Crippen molar-refractivity contribution in [3.8, 4) is 0 Å². The number of hydrogen-bond acceptors (Lipinski definition) is 3. The van der Waals surface area contributed by atoms with Gasteiger partial charge in [-0.05, 0) is 12.8 Å². The van der Waals surface area contributed by atoms with Crippen LogP contribution in [0.3, 0.4) is 0 Å². The molecule has 7 nitrogen and oxygen atoms in total. The summed E-state index contributed by atoms with van der Waals surface area (Å²) < 4.78 is 0. The summed E-state index contributed by atoms with van der Waals surface area (Å²) in [5.41, 5.74) is 0. The highest BCUT2D eigenvalue weighted by atomic mass is 16.4. The number of rotatable bonds is 4. The van der Waals surface area contributed by atoms with Gasteiger partial charge in [-0.25, -0.2) is 4.79 Å². The molecule has 0 aromatic rings. The van der Waals surface area contributed by atoms with Gasteiger partial charge in [0.15, 0.2) is 0 Å². The molecule has 2 fully saturated rings. The number of urea groups is 1. The molecule has 0 aromatic heterocycles. The van der Waals surface area contributed by atoms with Crippen LogP contribution in [0.15, 0.2) is 0 Å². The maximum Gasteiger partial charge on any atom is 0.320 e. The summed E-state index contributed by atoms with van der Waals surface area (Å²) in [4.78, 5) is 36.7. The molecule has 0 spiro atoms. The van der Waals surface area contributed by atoms with Crippen molar-refractivity contribution in [2.24, 2.45) is 5.92 Å². The Bertz CT molecular complexity index is 374. The lowest BCUT2D eigenvalue weighted by atomic mass is 10.0. The number of carbonyl (C=O) groups excluding carboxylic acids is 2. The van der Waals surface area contributed by atoms with Crippen molar-refractivity contribution < 1.29 is 19.5 Å². The van der Waals surface area contributed by atoms with Crippen molar-refractivity contribution in [3.05, 3.63) is 0 Å². The van der Waals surface area contributed by atoms with Crippen molar-refractivity contribution in [2.75, 3.05) is 26.7 Å². The average molecular weight is 255 g/mol. The zero-order valence-corrected chi connectivity index (χ0v) is 10.3. The van der Waals surface area contributed by atoms with Gasteiger partial charge >= 0.3 is 12.0 Å². The van der Waals surface area contributed by atoms with E-state index < -0.39 is 11.9 Å². The first-order chi connectivity index (χ1) is 8.47. The van der Waals surface area contributed by atoms with Crippen LogP contribution in [0.25, 0.3) is 0 Å². The maximum absolute atomic E-state index is 11.8. The fourth-order valence-electron chi connectivity index (χ4n) is 1.82. The number of carboxylic acids is 1. The number of likely N-dealkylation sites (N-methyl/N-ethyl adjacent to an activating group) is 1. The van der Waals surface area contributed by atoms with E-state index in [0.29, 0.717) is 0 Å². The summed E-state index contributed by atoms with van der Waals surface area (Å²) in [5.74, 6) is -1.51. The lowest BCUT2D eigenvalue weighted by Gasteiger charge is -2.38. The third kappa shape index (κ3) is 2.91. The molecule has 2 N–H and O–H groups in total. The van der Waals surface area contributed by atoms with Gasteiger partial charge in [0.1, 0.15) is 6.54 Å². The van der Waals surface area contributed by atoms with Crippen LogP contribution in [0.2, 0.25) is 0 Å². The number of likely N-dealkylation sites (tertiary alicyclic amines) is 1. The predicted octanol–water partition coefficient (Wildman–Crippen LogP) is -0.667. The van der Waals surface area contributed by atoms with Crippen molar-refractivity contribution in [3.63, 3.8) is 0 Å². The summed E-state index contributed by atoms with van der Waals surface area (Å²) in [5, 5.41) is 11.5. The van der Waals surface area contributed by atoms with Crippen LogP contribution < -0.4 is 5.32 Å². The van der Waals surface area contributed by atoms with Gasteiger partial charge < -0.3 is 20.2 Å². The van der Waals surface area contributed by atoms with E-state index in [1.54, 1.807) is 7.05 Å². The van der Waals surface area contributed by atoms with Crippen molar-refractivity contribution in [2.45, 2.75) is 18.9 Å². The van der Waals surface area contributed by atoms with E-state index in [1.807, 2.05) is 0 Å². The molecule has 1 saturated carbocycles. The summed E-state index contributed by atoms with van der Waals surface area (Å²) >= 11 is 0. The molecule has 3 amide bonds. The minimum absolute atomic E-state index is 0.0174. The smallest absolute Gasteiger partial charge is 0.320 e. The first-order valence-electron chi connectivity index (χ1n) is 5.99. The van der Waals surface area contributed by atoms with Gasteiger partial charge in [0.05, 0.1) is 5.92 Å². The number of aliphatic carboxylic acids is 1. The Labute approximate surface area is 105 Å². The topological polar surface area (TPSA) is 90.0 Å². The SMILES string of the molecule is CN(CC(=O)NC1CC1)C(=O)N1CC(C(=O)O)C1. The highest BCUT2D eigenvalue weighted by molar-refractivity contribution is 5.85. The molecular formula is C11H17N3O4.